The van der Waals surface area contributed by atoms with Gasteiger partial charge in [0.1, 0.15) is 5.84 Å². The number of rotatable bonds is 0. The Morgan fingerprint density at radius 3 is 2.53 bits per heavy atom. The maximum absolute atomic E-state index is 8.30. The molecular formula is C14H27N3. The molecule has 2 heterocycles. The van der Waals surface area contributed by atoms with E-state index in [-0.39, 0.29) is 5.41 Å². The van der Waals surface area contributed by atoms with Crippen molar-refractivity contribution in [2.24, 2.45) is 11.3 Å². The fraction of sp³-hybridized carbons (Fsp3) is 0.929. The van der Waals surface area contributed by atoms with Crippen molar-refractivity contribution in [1.82, 2.24) is 9.80 Å². The number of nitrogens with zero attached hydrogens (tertiary/aromatic N) is 2. The molecule has 2 saturated heterocycles. The third kappa shape index (κ3) is 2.65. The zero-order valence-electron chi connectivity index (χ0n) is 11.8. The van der Waals surface area contributed by atoms with Crippen molar-refractivity contribution in [3.05, 3.63) is 0 Å². The van der Waals surface area contributed by atoms with Crippen LogP contribution in [0.1, 0.15) is 40.0 Å². The standard InChI is InChI=1S/C14H27N3/c1-14(2,3)13(15)17-9-7-12-11(10-17)6-5-8-16(12)4/h11-12,15H,5-10H2,1-4H3. The normalized spacial score (nSPS) is 31.2. The van der Waals surface area contributed by atoms with Gasteiger partial charge in [0.2, 0.25) is 0 Å². The highest BCUT2D eigenvalue weighted by atomic mass is 15.2. The SMILES string of the molecule is CN1CCCC2CN(C(=N)C(C)(C)C)CCC21. The van der Waals surface area contributed by atoms with Gasteiger partial charge in [0, 0.05) is 24.5 Å². The van der Waals surface area contributed by atoms with Crippen LogP contribution in [0.25, 0.3) is 0 Å². The summed E-state index contributed by atoms with van der Waals surface area (Å²) >= 11 is 0. The number of piperidine rings is 2. The van der Waals surface area contributed by atoms with Crippen LogP contribution in [0, 0.1) is 16.7 Å². The summed E-state index contributed by atoms with van der Waals surface area (Å²) in [6.07, 6.45) is 3.91. The van der Waals surface area contributed by atoms with Crippen molar-refractivity contribution in [3.63, 3.8) is 0 Å². The van der Waals surface area contributed by atoms with Crippen LogP contribution in [-0.4, -0.2) is 48.4 Å². The Morgan fingerprint density at radius 2 is 1.88 bits per heavy atom. The van der Waals surface area contributed by atoms with Crippen LogP contribution in [-0.2, 0) is 0 Å². The Hall–Kier alpha value is -0.570. The molecule has 1 N–H and O–H groups in total. The van der Waals surface area contributed by atoms with E-state index in [4.69, 9.17) is 5.41 Å². The fourth-order valence-corrected chi connectivity index (χ4v) is 3.33. The van der Waals surface area contributed by atoms with Gasteiger partial charge in [-0.05, 0) is 38.8 Å². The molecule has 98 valence electrons. The lowest BCUT2D eigenvalue weighted by Gasteiger charge is -2.48. The molecule has 0 aromatic rings. The van der Waals surface area contributed by atoms with Gasteiger partial charge in [0.15, 0.2) is 0 Å². The summed E-state index contributed by atoms with van der Waals surface area (Å²) in [5, 5.41) is 8.30. The highest BCUT2D eigenvalue weighted by molar-refractivity contribution is 5.84. The first-order valence-corrected chi connectivity index (χ1v) is 6.94. The summed E-state index contributed by atoms with van der Waals surface area (Å²) < 4.78 is 0. The molecule has 3 nitrogen and oxygen atoms in total. The topological polar surface area (TPSA) is 30.3 Å². The molecule has 0 aliphatic carbocycles. The van der Waals surface area contributed by atoms with E-state index in [0.29, 0.717) is 0 Å². The van der Waals surface area contributed by atoms with E-state index in [9.17, 15) is 0 Å². The number of amidine groups is 1. The molecular weight excluding hydrogens is 210 g/mol. The lowest BCUT2D eigenvalue weighted by molar-refractivity contribution is 0.0602. The van der Waals surface area contributed by atoms with Gasteiger partial charge in [-0.25, -0.2) is 0 Å². The Balaban J connectivity index is 2.00. The number of fused-ring (bicyclic) bond motifs is 1. The van der Waals surface area contributed by atoms with Gasteiger partial charge in [-0.15, -0.1) is 0 Å². The van der Waals surface area contributed by atoms with Crippen molar-refractivity contribution in [3.8, 4) is 0 Å². The predicted molar refractivity (Wildman–Crippen MR) is 72.5 cm³/mol. The van der Waals surface area contributed by atoms with Crippen LogP contribution in [0.5, 0.6) is 0 Å². The molecule has 0 bridgehead atoms. The first-order chi connectivity index (χ1) is 7.89. The van der Waals surface area contributed by atoms with E-state index in [1.807, 2.05) is 0 Å². The molecule has 2 aliphatic heterocycles. The molecule has 0 amide bonds. The summed E-state index contributed by atoms with van der Waals surface area (Å²) in [7, 11) is 2.27. The summed E-state index contributed by atoms with van der Waals surface area (Å²) in [4.78, 5) is 4.85. The third-order valence-electron chi connectivity index (χ3n) is 4.37. The summed E-state index contributed by atoms with van der Waals surface area (Å²) in [5.74, 6) is 1.61. The van der Waals surface area contributed by atoms with Crippen LogP contribution in [0.3, 0.4) is 0 Å². The highest BCUT2D eigenvalue weighted by Crippen LogP contribution is 2.31. The van der Waals surface area contributed by atoms with Crippen LogP contribution < -0.4 is 0 Å². The van der Waals surface area contributed by atoms with Crippen LogP contribution in [0.2, 0.25) is 0 Å². The molecule has 0 aromatic heterocycles. The van der Waals surface area contributed by atoms with Crippen molar-refractivity contribution >= 4 is 5.84 Å². The van der Waals surface area contributed by atoms with Crippen LogP contribution >= 0.6 is 0 Å². The number of nitrogens with one attached hydrogen (secondary N) is 1. The second-order valence-electron chi connectivity index (χ2n) is 6.78. The molecule has 2 unspecified atom stereocenters. The quantitative estimate of drug-likeness (QED) is 0.518. The van der Waals surface area contributed by atoms with Crippen molar-refractivity contribution in [1.29, 1.82) is 5.41 Å². The monoisotopic (exact) mass is 237 g/mol. The van der Waals surface area contributed by atoms with E-state index in [1.54, 1.807) is 0 Å². The minimum atomic E-state index is -0.00654. The maximum Gasteiger partial charge on any atom is 0.101 e. The van der Waals surface area contributed by atoms with Crippen molar-refractivity contribution in [2.75, 3.05) is 26.7 Å². The summed E-state index contributed by atoms with van der Waals surface area (Å²) in [5.41, 5.74) is -0.00654. The molecule has 2 rings (SSSR count). The zero-order valence-corrected chi connectivity index (χ0v) is 11.8. The van der Waals surface area contributed by atoms with E-state index < -0.39 is 0 Å². The average Bonchev–Trinajstić information content (AvgIpc) is 2.26. The average molecular weight is 237 g/mol. The van der Waals surface area contributed by atoms with Gasteiger partial charge in [-0.2, -0.15) is 0 Å². The zero-order chi connectivity index (χ0) is 12.6. The first kappa shape index (κ1) is 12.9. The second kappa shape index (κ2) is 4.60. The minimum absolute atomic E-state index is 0.00654. The molecule has 2 atom stereocenters. The minimum Gasteiger partial charge on any atom is -0.360 e. The van der Waals surface area contributed by atoms with E-state index in [2.05, 4.69) is 37.6 Å². The van der Waals surface area contributed by atoms with Gasteiger partial charge in [-0.1, -0.05) is 20.8 Å². The summed E-state index contributed by atoms with van der Waals surface area (Å²) in [6.45, 7) is 9.88. The van der Waals surface area contributed by atoms with E-state index >= 15 is 0 Å². The maximum atomic E-state index is 8.30. The fourth-order valence-electron chi connectivity index (χ4n) is 3.33. The molecule has 17 heavy (non-hydrogen) atoms. The Bertz CT molecular complexity index is 292. The Morgan fingerprint density at radius 1 is 1.18 bits per heavy atom. The van der Waals surface area contributed by atoms with Crippen molar-refractivity contribution in [2.45, 2.75) is 46.1 Å². The first-order valence-electron chi connectivity index (χ1n) is 6.94. The largest absolute Gasteiger partial charge is 0.360 e. The number of likely N-dealkylation sites (tertiary alicyclic amines) is 2. The van der Waals surface area contributed by atoms with Gasteiger partial charge >= 0.3 is 0 Å². The summed E-state index contributed by atoms with van der Waals surface area (Å²) in [6, 6.07) is 0.771. The van der Waals surface area contributed by atoms with Crippen LogP contribution in [0.15, 0.2) is 0 Å². The third-order valence-corrected chi connectivity index (χ3v) is 4.37. The Labute approximate surface area is 106 Å². The van der Waals surface area contributed by atoms with Gasteiger partial charge in [0.05, 0.1) is 0 Å². The highest BCUT2D eigenvalue weighted by Gasteiger charge is 2.36. The lowest BCUT2D eigenvalue weighted by atomic mass is 9.83. The molecule has 0 spiro atoms. The lowest BCUT2D eigenvalue weighted by Crippen LogP contribution is -2.55. The predicted octanol–water partition coefficient (Wildman–Crippen LogP) is 2.43. The molecule has 3 heteroatoms. The molecule has 2 aliphatic rings. The van der Waals surface area contributed by atoms with E-state index in [0.717, 1.165) is 30.9 Å². The van der Waals surface area contributed by atoms with Gasteiger partial charge in [0.25, 0.3) is 0 Å². The number of hydrogen-bond acceptors (Lipinski definition) is 2. The van der Waals surface area contributed by atoms with Crippen LogP contribution in [0.4, 0.5) is 0 Å². The van der Waals surface area contributed by atoms with Gasteiger partial charge < -0.3 is 9.80 Å². The number of hydrogen-bond donors (Lipinski definition) is 1. The Kier molecular flexibility index (Phi) is 3.48. The molecule has 0 saturated carbocycles. The van der Waals surface area contributed by atoms with Gasteiger partial charge in [-0.3, -0.25) is 5.41 Å². The smallest absolute Gasteiger partial charge is 0.101 e. The van der Waals surface area contributed by atoms with Crippen molar-refractivity contribution < 1.29 is 0 Å². The molecule has 0 radical (unpaired) electrons. The molecule has 2 fully saturated rings. The second-order valence-corrected chi connectivity index (χ2v) is 6.78. The van der Waals surface area contributed by atoms with E-state index in [1.165, 1.54) is 25.8 Å². The molecule has 0 aromatic carbocycles.